The van der Waals surface area contributed by atoms with Crippen LogP contribution >= 0.6 is 0 Å². The molecule has 0 spiro atoms. The fraction of sp³-hybridized carbons (Fsp3) is 0.625. The van der Waals surface area contributed by atoms with Gasteiger partial charge in [-0.2, -0.15) is 0 Å². The molecule has 2 fully saturated rings. The van der Waals surface area contributed by atoms with Gasteiger partial charge in [-0.05, 0) is 56.9 Å². The molecule has 2 heterocycles. The molecule has 0 bridgehead atoms. The molecule has 3 heteroatoms. The summed E-state index contributed by atoms with van der Waals surface area (Å²) in [5, 5.41) is 0. The molecule has 0 radical (unpaired) electrons. The number of furan rings is 1. The van der Waals surface area contributed by atoms with Crippen LogP contribution in [0, 0.1) is 34.5 Å². The second kappa shape index (κ2) is 6.99. The van der Waals surface area contributed by atoms with E-state index < -0.39 is 0 Å². The number of fused-ring (bicyclic) bond motifs is 1. The average molecular weight is 367 g/mol. The normalized spacial score (nSPS) is 39.1. The van der Waals surface area contributed by atoms with Gasteiger partial charge in [0.15, 0.2) is 0 Å². The summed E-state index contributed by atoms with van der Waals surface area (Å²) in [5.41, 5.74) is 1.86. The van der Waals surface area contributed by atoms with E-state index in [2.05, 4.69) is 38.7 Å². The number of hydrogen-bond acceptors (Lipinski definition) is 3. The molecule has 5 atom stereocenters. The average Bonchev–Trinajstić information content (AvgIpc) is 3.21. The van der Waals surface area contributed by atoms with Crippen molar-refractivity contribution in [1.29, 1.82) is 0 Å². The maximum atomic E-state index is 12.7. The van der Waals surface area contributed by atoms with Crippen LogP contribution in [0.25, 0.3) is 0 Å². The van der Waals surface area contributed by atoms with Crippen LogP contribution in [-0.4, -0.2) is 12.4 Å². The highest BCUT2D eigenvalue weighted by atomic mass is 16.5. The molecule has 4 rings (SSSR count). The number of ether oxygens (including phenoxy) is 1. The van der Waals surface area contributed by atoms with Crippen LogP contribution in [-0.2, 0) is 9.53 Å². The lowest BCUT2D eigenvalue weighted by molar-refractivity contribution is -0.144. The van der Waals surface area contributed by atoms with E-state index in [-0.39, 0.29) is 16.9 Å². The van der Waals surface area contributed by atoms with Crippen molar-refractivity contribution in [3.05, 3.63) is 35.8 Å². The van der Waals surface area contributed by atoms with E-state index in [1.807, 2.05) is 6.07 Å². The zero-order valence-corrected chi connectivity index (χ0v) is 16.7. The Morgan fingerprint density at radius 1 is 1.26 bits per heavy atom. The van der Waals surface area contributed by atoms with Gasteiger partial charge in [0.05, 0.1) is 25.2 Å². The molecule has 0 N–H and O–H groups in total. The van der Waals surface area contributed by atoms with Crippen LogP contribution in [0.3, 0.4) is 0 Å². The molecule has 2 aliphatic carbocycles. The van der Waals surface area contributed by atoms with Gasteiger partial charge in [-0.1, -0.05) is 31.8 Å². The lowest BCUT2D eigenvalue weighted by atomic mass is 9.48. The van der Waals surface area contributed by atoms with Crippen molar-refractivity contribution in [3.8, 4) is 11.8 Å². The molecule has 0 aromatic carbocycles. The summed E-state index contributed by atoms with van der Waals surface area (Å²) < 4.78 is 11.2. The minimum absolute atomic E-state index is 0.0674. The summed E-state index contributed by atoms with van der Waals surface area (Å²) in [6, 6.07) is 1.96. The molecular formula is C24H30O3. The Balaban J connectivity index is 1.55. The van der Waals surface area contributed by atoms with Gasteiger partial charge in [0.1, 0.15) is 5.78 Å². The maximum absolute atomic E-state index is 12.7. The summed E-state index contributed by atoms with van der Waals surface area (Å²) in [5.74, 6) is 8.43. The number of hydrogen-bond donors (Lipinski definition) is 0. The first-order chi connectivity index (χ1) is 12.9. The number of carbonyl (C=O) groups is 1. The topological polar surface area (TPSA) is 39.4 Å². The highest BCUT2D eigenvalue weighted by Crippen LogP contribution is 2.58. The molecule has 2 saturated carbocycles. The van der Waals surface area contributed by atoms with Gasteiger partial charge in [-0.15, -0.1) is 0 Å². The van der Waals surface area contributed by atoms with E-state index in [0.717, 1.165) is 49.7 Å². The minimum atomic E-state index is -0.183. The van der Waals surface area contributed by atoms with E-state index in [1.54, 1.807) is 12.5 Å². The van der Waals surface area contributed by atoms with Gasteiger partial charge in [0, 0.05) is 28.4 Å². The fourth-order valence-electron chi connectivity index (χ4n) is 5.47. The quantitative estimate of drug-likeness (QED) is 0.618. The molecule has 144 valence electrons. The zero-order chi connectivity index (χ0) is 19.1. The van der Waals surface area contributed by atoms with E-state index in [1.165, 1.54) is 0 Å². The monoisotopic (exact) mass is 366 g/mol. The summed E-state index contributed by atoms with van der Waals surface area (Å²) in [6.45, 7) is 7.36. The third kappa shape index (κ3) is 3.19. The van der Waals surface area contributed by atoms with Gasteiger partial charge in [-0.3, -0.25) is 4.79 Å². The number of carbonyl (C=O) groups excluding carboxylic acids is 1. The molecule has 0 amide bonds. The van der Waals surface area contributed by atoms with Gasteiger partial charge in [-0.25, -0.2) is 0 Å². The van der Waals surface area contributed by atoms with Crippen LogP contribution in [0.1, 0.15) is 71.0 Å². The molecule has 3 aliphatic rings. The summed E-state index contributed by atoms with van der Waals surface area (Å²) in [7, 11) is 0. The van der Waals surface area contributed by atoms with Gasteiger partial charge in [0.25, 0.3) is 0 Å². The Morgan fingerprint density at radius 2 is 2.11 bits per heavy atom. The number of Topliss-reactive ketones (excluding diaryl/α,β-unsaturated/α-hetero) is 1. The molecular weight excluding hydrogens is 336 g/mol. The summed E-state index contributed by atoms with van der Waals surface area (Å²) >= 11 is 0. The van der Waals surface area contributed by atoms with E-state index in [0.29, 0.717) is 24.2 Å². The number of ketones is 1. The van der Waals surface area contributed by atoms with Crippen LogP contribution in [0.15, 0.2) is 34.7 Å². The smallest absolute Gasteiger partial charge is 0.139 e. The number of rotatable bonds is 1. The SMILES string of the molecule is C[C@H]1CC[C@@]2(C)C(=O)CCC[C@@H]2[C@@]1(C)C#CC1=CC[C@H](c2ccoc2)OC1. The molecule has 0 saturated heterocycles. The standard InChI is InChI=1S/C24H30O3/c1-17-9-12-24(3)21(5-4-6-22(24)25)23(17,2)13-10-18-7-8-20(27-15-18)19-11-14-26-16-19/h7,11,14,16-17,20-21H,4-6,8-9,12,15H2,1-3H3/t17-,20+,21+,23-,24+/m0/s1. The van der Waals surface area contributed by atoms with Crippen molar-refractivity contribution in [2.75, 3.05) is 6.61 Å². The van der Waals surface area contributed by atoms with Crippen molar-refractivity contribution in [2.45, 2.75) is 65.4 Å². The van der Waals surface area contributed by atoms with Crippen LogP contribution in [0.2, 0.25) is 0 Å². The third-order valence-electron chi connectivity index (χ3n) is 7.57. The van der Waals surface area contributed by atoms with E-state index in [9.17, 15) is 4.79 Å². The van der Waals surface area contributed by atoms with Gasteiger partial charge >= 0.3 is 0 Å². The second-order valence-electron chi connectivity index (χ2n) is 9.08. The molecule has 1 aromatic rings. The highest BCUT2D eigenvalue weighted by Gasteiger charge is 2.55. The van der Waals surface area contributed by atoms with Gasteiger partial charge in [0.2, 0.25) is 0 Å². The van der Waals surface area contributed by atoms with Crippen LogP contribution < -0.4 is 0 Å². The van der Waals surface area contributed by atoms with Crippen molar-refractivity contribution >= 4 is 5.78 Å². The lowest BCUT2D eigenvalue weighted by Crippen LogP contribution is -2.52. The zero-order valence-electron chi connectivity index (χ0n) is 16.7. The first-order valence-corrected chi connectivity index (χ1v) is 10.3. The second-order valence-corrected chi connectivity index (χ2v) is 9.08. The fourth-order valence-corrected chi connectivity index (χ4v) is 5.47. The maximum Gasteiger partial charge on any atom is 0.139 e. The first kappa shape index (κ1) is 18.6. The Bertz CT molecular complexity index is 793. The largest absolute Gasteiger partial charge is 0.472 e. The van der Waals surface area contributed by atoms with Gasteiger partial charge < -0.3 is 9.15 Å². The summed E-state index contributed by atoms with van der Waals surface area (Å²) in [4.78, 5) is 12.7. The van der Waals surface area contributed by atoms with Crippen LogP contribution in [0.4, 0.5) is 0 Å². The molecule has 27 heavy (non-hydrogen) atoms. The Labute approximate surface area is 162 Å². The molecule has 1 aliphatic heterocycles. The molecule has 3 nitrogen and oxygen atoms in total. The minimum Gasteiger partial charge on any atom is -0.472 e. The van der Waals surface area contributed by atoms with E-state index >= 15 is 0 Å². The van der Waals surface area contributed by atoms with Crippen LogP contribution in [0.5, 0.6) is 0 Å². The molecule has 1 aromatic heterocycles. The predicted octanol–water partition coefficient (Wildman–Crippen LogP) is 5.48. The molecule has 0 unspecified atom stereocenters. The lowest BCUT2D eigenvalue weighted by Gasteiger charge is -2.54. The van der Waals surface area contributed by atoms with Crippen molar-refractivity contribution < 1.29 is 13.9 Å². The highest BCUT2D eigenvalue weighted by molar-refractivity contribution is 5.86. The first-order valence-electron chi connectivity index (χ1n) is 10.3. The third-order valence-corrected chi connectivity index (χ3v) is 7.57. The van der Waals surface area contributed by atoms with Crippen molar-refractivity contribution in [1.82, 2.24) is 0 Å². The predicted molar refractivity (Wildman–Crippen MR) is 105 cm³/mol. The Hall–Kier alpha value is -1.79. The van der Waals surface area contributed by atoms with Crippen molar-refractivity contribution in [3.63, 3.8) is 0 Å². The van der Waals surface area contributed by atoms with E-state index in [4.69, 9.17) is 9.15 Å². The summed E-state index contributed by atoms with van der Waals surface area (Å²) in [6.07, 6.45) is 11.5. The Kier molecular flexibility index (Phi) is 4.80. The Morgan fingerprint density at radius 3 is 2.81 bits per heavy atom. The van der Waals surface area contributed by atoms with Crippen molar-refractivity contribution in [2.24, 2.45) is 22.7 Å².